The highest BCUT2D eigenvalue weighted by molar-refractivity contribution is 5.88. The topological polar surface area (TPSA) is 29.1 Å². The molecule has 0 atom stereocenters. The number of carbonyl (C=O) groups is 1. The maximum Gasteiger partial charge on any atom is 0.244 e. The number of carbonyl (C=O) groups excluding carboxylic acids is 1. The van der Waals surface area contributed by atoms with Gasteiger partial charge in [-0.25, -0.2) is 0 Å². The normalized spacial score (nSPS) is 18.8. The molecule has 1 aliphatic rings. The monoisotopic (exact) mass is 355 g/mol. The van der Waals surface area contributed by atoms with Crippen LogP contribution in [-0.4, -0.2) is 12.5 Å². The van der Waals surface area contributed by atoms with Crippen molar-refractivity contribution in [3.63, 3.8) is 0 Å². The van der Waals surface area contributed by atoms with E-state index in [1.807, 2.05) is 19.1 Å². The molecule has 0 bridgehead atoms. The lowest BCUT2D eigenvalue weighted by atomic mass is 9.72. The van der Waals surface area contributed by atoms with Crippen LogP contribution in [0.25, 0.3) is 0 Å². The zero-order valence-electron chi connectivity index (χ0n) is 17.6. The Balaban J connectivity index is 2.64. The Morgan fingerprint density at radius 1 is 1.19 bits per heavy atom. The second-order valence-electron chi connectivity index (χ2n) is 8.07. The lowest BCUT2D eigenvalue weighted by molar-refractivity contribution is -0.116. The minimum atomic E-state index is -0.0110. The number of rotatable bonds is 8. The van der Waals surface area contributed by atoms with E-state index in [1.165, 1.54) is 36.0 Å². The molecule has 0 radical (unpaired) electrons. The third kappa shape index (κ3) is 8.03. The summed E-state index contributed by atoms with van der Waals surface area (Å²) in [5.74, 6) is -0.0110. The van der Waals surface area contributed by atoms with Crippen molar-refractivity contribution in [2.24, 2.45) is 5.41 Å². The van der Waals surface area contributed by atoms with Crippen molar-refractivity contribution in [2.45, 2.75) is 73.6 Å². The average Bonchev–Trinajstić information content (AvgIpc) is 2.54. The van der Waals surface area contributed by atoms with E-state index in [2.05, 4.69) is 58.2 Å². The maximum absolute atomic E-state index is 11.7. The van der Waals surface area contributed by atoms with E-state index in [4.69, 9.17) is 0 Å². The molecular formula is C24H37NO. The van der Waals surface area contributed by atoms with Gasteiger partial charge in [-0.1, -0.05) is 68.7 Å². The van der Waals surface area contributed by atoms with Gasteiger partial charge in [0.25, 0.3) is 0 Å². The Bertz CT molecular complexity index is 627. The van der Waals surface area contributed by atoms with Crippen LogP contribution in [0, 0.1) is 5.41 Å². The number of hydrogen-bond donors (Lipinski definition) is 1. The molecule has 0 saturated heterocycles. The van der Waals surface area contributed by atoms with Crippen LogP contribution in [-0.2, 0) is 4.79 Å². The first kappa shape index (κ1) is 22.2. The Labute approximate surface area is 160 Å². The SMILES string of the molecule is CCCCNC(=O)\C=C(C)/C=C/C=C(C)/C=C/C1=C(C)CCCC1(C)C. The highest BCUT2D eigenvalue weighted by atomic mass is 16.1. The van der Waals surface area contributed by atoms with Crippen LogP contribution in [0.5, 0.6) is 0 Å². The number of nitrogens with one attached hydrogen (secondary N) is 1. The summed E-state index contributed by atoms with van der Waals surface area (Å²) in [4.78, 5) is 11.7. The van der Waals surface area contributed by atoms with Gasteiger partial charge in [0, 0.05) is 12.6 Å². The Morgan fingerprint density at radius 3 is 2.58 bits per heavy atom. The number of unbranched alkanes of at least 4 members (excludes halogenated alkanes) is 1. The second-order valence-corrected chi connectivity index (χ2v) is 8.07. The minimum absolute atomic E-state index is 0.0110. The van der Waals surface area contributed by atoms with E-state index in [0.717, 1.165) is 25.0 Å². The van der Waals surface area contributed by atoms with E-state index in [-0.39, 0.29) is 11.3 Å². The highest BCUT2D eigenvalue weighted by Crippen LogP contribution is 2.40. The van der Waals surface area contributed by atoms with Crippen LogP contribution in [0.3, 0.4) is 0 Å². The van der Waals surface area contributed by atoms with Gasteiger partial charge < -0.3 is 5.32 Å². The van der Waals surface area contributed by atoms with Crippen LogP contribution < -0.4 is 5.32 Å². The first-order valence-electron chi connectivity index (χ1n) is 9.95. The summed E-state index contributed by atoms with van der Waals surface area (Å²) in [5, 5.41) is 2.90. The van der Waals surface area contributed by atoms with Gasteiger partial charge in [0.05, 0.1) is 0 Å². The molecule has 144 valence electrons. The van der Waals surface area contributed by atoms with Crippen molar-refractivity contribution in [1.29, 1.82) is 0 Å². The molecule has 1 amide bonds. The van der Waals surface area contributed by atoms with E-state index in [0.29, 0.717) is 0 Å². The van der Waals surface area contributed by atoms with Crippen LogP contribution in [0.2, 0.25) is 0 Å². The molecule has 26 heavy (non-hydrogen) atoms. The standard InChI is InChI=1S/C24H37NO/c1-7-8-17-25-23(26)18-20(3)12-9-11-19(2)14-15-22-21(4)13-10-16-24(22,5)6/h9,11-12,14-15,18H,7-8,10,13,16-17H2,1-6H3,(H,25,26)/b12-9+,15-14+,19-11+,20-18-. The molecule has 0 aromatic carbocycles. The molecule has 0 aromatic rings. The van der Waals surface area contributed by atoms with Crippen LogP contribution in [0.15, 0.2) is 58.7 Å². The zero-order valence-corrected chi connectivity index (χ0v) is 17.6. The van der Waals surface area contributed by atoms with Gasteiger partial charge in [0.15, 0.2) is 0 Å². The molecule has 0 aliphatic heterocycles. The Morgan fingerprint density at radius 2 is 1.92 bits per heavy atom. The fourth-order valence-corrected chi connectivity index (χ4v) is 3.33. The van der Waals surface area contributed by atoms with Crippen molar-refractivity contribution in [3.8, 4) is 0 Å². The largest absolute Gasteiger partial charge is 0.353 e. The van der Waals surface area contributed by atoms with Crippen molar-refractivity contribution in [1.82, 2.24) is 5.32 Å². The maximum atomic E-state index is 11.7. The van der Waals surface area contributed by atoms with Crippen LogP contribution in [0.4, 0.5) is 0 Å². The lowest BCUT2D eigenvalue weighted by Crippen LogP contribution is -2.22. The predicted octanol–water partition coefficient (Wildman–Crippen LogP) is 6.43. The van der Waals surface area contributed by atoms with Crippen LogP contribution >= 0.6 is 0 Å². The summed E-state index contributed by atoms with van der Waals surface area (Å²) in [5.41, 5.74) is 5.45. The smallest absolute Gasteiger partial charge is 0.244 e. The molecule has 1 aliphatic carbocycles. The van der Waals surface area contributed by atoms with Gasteiger partial charge in [-0.3, -0.25) is 4.79 Å². The van der Waals surface area contributed by atoms with Crippen molar-refractivity contribution in [2.75, 3.05) is 6.54 Å². The minimum Gasteiger partial charge on any atom is -0.353 e. The van der Waals surface area contributed by atoms with Gasteiger partial charge >= 0.3 is 0 Å². The molecular weight excluding hydrogens is 318 g/mol. The average molecular weight is 356 g/mol. The molecule has 0 aromatic heterocycles. The fraction of sp³-hybridized carbons (Fsp3) is 0.542. The molecule has 1 N–H and O–H groups in total. The third-order valence-corrected chi connectivity index (χ3v) is 4.96. The summed E-state index contributed by atoms with van der Waals surface area (Å²) in [7, 11) is 0. The summed E-state index contributed by atoms with van der Waals surface area (Å²) in [6.07, 6.45) is 18.1. The lowest BCUT2D eigenvalue weighted by Gasteiger charge is -2.32. The Kier molecular flexibility index (Phi) is 9.40. The molecule has 2 nitrogen and oxygen atoms in total. The second kappa shape index (κ2) is 11.0. The molecule has 0 saturated carbocycles. The van der Waals surface area contributed by atoms with Gasteiger partial charge in [0.2, 0.25) is 5.91 Å². The number of allylic oxidation sites excluding steroid dienone is 9. The number of amides is 1. The van der Waals surface area contributed by atoms with Gasteiger partial charge in [0.1, 0.15) is 0 Å². The highest BCUT2D eigenvalue weighted by Gasteiger charge is 2.26. The quantitative estimate of drug-likeness (QED) is 0.303. The molecule has 0 fully saturated rings. The summed E-state index contributed by atoms with van der Waals surface area (Å²) in [6.45, 7) is 13.9. The van der Waals surface area contributed by atoms with Gasteiger partial charge in [-0.2, -0.15) is 0 Å². The van der Waals surface area contributed by atoms with Crippen molar-refractivity contribution < 1.29 is 4.79 Å². The third-order valence-electron chi connectivity index (χ3n) is 4.96. The molecule has 1 rings (SSSR count). The van der Waals surface area contributed by atoms with E-state index in [1.54, 1.807) is 6.08 Å². The van der Waals surface area contributed by atoms with Crippen molar-refractivity contribution >= 4 is 5.91 Å². The zero-order chi connectivity index (χ0) is 19.6. The summed E-state index contributed by atoms with van der Waals surface area (Å²) in [6, 6.07) is 0. The van der Waals surface area contributed by atoms with E-state index >= 15 is 0 Å². The molecule has 0 heterocycles. The Hall–Kier alpha value is -1.83. The predicted molar refractivity (Wildman–Crippen MR) is 114 cm³/mol. The molecule has 0 spiro atoms. The number of hydrogen-bond acceptors (Lipinski definition) is 1. The van der Waals surface area contributed by atoms with Gasteiger partial charge in [-0.05, 0) is 63.0 Å². The van der Waals surface area contributed by atoms with E-state index < -0.39 is 0 Å². The van der Waals surface area contributed by atoms with Crippen molar-refractivity contribution in [3.05, 3.63) is 58.7 Å². The first-order valence-corrected chi connectivity index (χ1v) is 9.95. The first-order chi connectivity index (χ1) is 12.3. The van der Waals surface area contributed by atoms with E-state index in [9.17, 15) is 4.79 Å². The summed E-state index contributed by atoms with van der Waals surface area (Å²) >= 11 is 0. The summed E-state index contributed by atoms with van der Waals surface area (Å²) < 4.78 is 0. The molecule has 0 unspecified atom stereocenters. The molecule has 2 heteroatoms. The van der Waals surface area contributed by atoms with Gasteiger partial charge in [-0.15, -0.1) is 0 Å². The van der Waals surface area contributed by atoms with Crippen LogP contribution in [0.1, 0.15) is 73.6 Å². The fourth-order valence-electron chi connectivity index (χ4n) is 3.33.